The molecule has 10 nitrogen and oxygen atoms in total. The molecule has 0 aliphatic carbocycles. The quantitative estimate of drug-likeness (QED) is 0.591. The number of amides is 3. The van der Waals surface area contributed by atoms with Gasteiger partial charge in [-0.3, -0.25) is 9.59 Å². The fourth-order valence-corrected chi connectivity index (χ4v) is 4.46. The van der Waals surface area contributed by atoms with Crippen molar-refractivity contribution in [3.8, 4) is 5.82 Å². The summed E-state index contributed by atoms with van der Waals surface area (Å²) in [5, 5.41) is 9.40. The highest BCUT2D eigenvalue weighted by Gasteiger charge is 2.42. The molecule has 34 heavy (non-hydrogen) atoms. The van der Waals surface area contributed by atoms with Crippen LogP contribution in [0.5, 0.6) is 0 Å². The summed E-state index contributed by atoms with van der Waals surface area (Å²) in [6.45, 7) is 4.47. The minimum Gasteiger partial charge on any atom is -0.450 e. The van der Waals surface area contributed by atoms with Gasteiger partial charge in [0.1, 0.15) is 11.4 Å². The normalized spacial score (nSPS) is 18.2. The van der Waals surface area contributed by atoms with Gasteiger partial charge in [-0.05, 0) is 70.0 Å². The topological polar surface area (TPSA) is 118 Å². The largest absolute Gasteiger partial charge is 0.450 e. The van der Waals surface area contributed by atoms with Crippen LogP contribution in [0.1, 0.15) is 43.0 Å². The lowest BCUT2D eigenvalue weighted by molar-refractivity contribution is -0.129. The molecule has 0 radical (unpaired) electrons. The van der Waals surface area contributed by atoms with E-state index in [1.807, 2.05) is 29.1 Å². The van der Waals surface area contributed by atoms with E-state index in [0.29, 0.717) is 69.9 Å². The average Bonchev–Trinajstić information content (AvgIpc) is 3.40. The average molecular weight is 469 g/mol. The van der Waals surface area contributed by atoms with Gasteiger partial charge in [0.05, 0.1) is 12.2 Å². The maximum Gasteiger partial charge on any atom is 0.409 e. The summed E-state index contributed by atoms with van der Waals surface area (Å²) in [5.74, 6) is 0.222. The molecule has 2 aromatic heterocycles. The molecular weight excluding hydrogens is 436 g/mol. The molecule has 2 fully saturated rings. The van der Waals surface area contributed by atoms with Crippen molar-refractivity contribution < 1.29 is 19.1 Å². The lowest BCUT2D eigenvalue weighted by Gasteiger charge is -2.39. The molecule has 182 valence electrons. The van der Waals surface area contributed by atoms with E-state index >= 15 is 0 Å². The number of pyridine rings is 1. The molecule has 2 aliphatic heterocycles. The summed E-state index contributed by atoms with van der Waals surface area (Å²) in [6, 6.07) is 7.26. The standard InChI is InChI=1S/C24H32N6O4/c1-2-34-23(33)30-15-7-19(8-16-30)27-22(32)24(9-11-25-12-10-24)28-21(31)18-5-6-20(26-17-18)29-13-3-4-14-29/h3-6,13-14,17,19,25H,2,7-12,15-16H2,1H3,(H,27,32)(H,28,31). The van der Waals surface area contributed by atoms with Crippen LogP contribution in [-0.4, -0.2) is 76.7 Å². The van der Waals surface area contributed by atoms with E-state index in [1.54, 1.807) is 24.0 Å². The Kier molecular flexibility index (Phi) is 7.46. The first kappa shape index (κ1) is 23.7. The summed E-state index contributed by atoms with van der Waals surface area (Å²) in [4.78, 5) is 44.4. The van der Waals surface area contributed by atoms with Crippen LogP contribution in [0.25, 0.3) is 5.82 Å². The van der Waals surface area contributed by atoms with Crippen LogP contribution in [0.2, 0.25) is 0 Å². The molecule has 0 aromatic carbocycles. The molecule has 3 amide bonds. The van der Waals surface area contributed by atoms with E-state index in [4.69, 9.17) is 4.74 Å². The van der Waals surface area contributed by atoms with E-state index in [0.717, 1.165) is 0 Å². The van der Waals surface area contributed by atoms with Crippen molar-refractivity contribution in [2.24, 2.45) is 0 Å². The van der Waals surface area contributed by atoms with Crippen molar-refractivity contribution in [3.05, 3.63) is 48.4 Å². The molecule has 4 rings (SSSR count). The fraction of sp³-hybridized carbons (Fsp3) is 0.500. The molecule has 3 N–H and O–H groups in total. The first-order valence-electron chi connectivity index (χ1n) is 11.9. The second-order valence-corrected chi connectivity index (χ2v) is 8.72. The van der Waals surface area contributed by atoms with Gasteiger partial charge in [-0.25, -0.2) is 9.78 Å². The second-order valence-electron chi connectivity index (χ2n) is 8.72. The molecule has 0 spiro atoms. The van der Waals surface area contributed by atoms with Gasteiger partial charge in [0, 0.05) is 37.7 Å². The zero-order valence-corrected chi connectivity index (χ0v) is 19.5. The van der Waals surface area contributed by atoms with Crippen LogP contribution >= 0.6 is 0 Å². The summed E-state index contributed by atoms with van der Waals surface area (Å²) >= 11 is 0. The molecule has 0 atom stereocenters. The summed E-state index contributed by atoms with van der Waals surface area (Å²) in [5.41, 5.74) is -0.580. The molecule has 4 heterocycles. The molecule has 0 unspecified atom stereocenters. The first-order valence-corrected chi connectivity index (χ1v) is 11.9. The molecular formula is C24H32N6O4. The van der Waals surface area contributed by atoms with Gasteiger partial charge >= 0.3 is 6.09 Å². The zero-order chi connectivity index (χ0) is 24.0. The van der Waals surface area contributed by atoms with Gasteiger partial charge in [-0.15, -0.1) is 0 Å². The van der Waals surface area contributed by atoms with Crippen molar-refractivity contribution in [1.82, 2.24) is 30.4 Å². The maximum atomic E-state index is 13.4. The fourth-order valence-electron chi connectivity index (χ4n) is 4.46. The van der Waals surface area contributed by atoms with Gasteiger partial charge in [-0.1, -0.05) is 0 Å². The Bertz CT molecular complexity index is 977. The Hall–Kier alpha value is -3.40. The SMILES string of the molecule is CCOC(=O)N1CCC(NC(=O)C2(NC(=O)c3ccc(-n4cccc4)nc3)CCNCC2)CC1. The molecule has 10 heteroatoms. The number of ether oxygens (including phenoxy) is 1. The first-order chi connectivity index (χ1) is 16.5. The van der Waals surface area contributed by atoms with Crippen molar-refractivity contribution in [2.45, 2.75) is 44.2 Å². The van der Waals surface area contributed by atoms with Crippen molar-refractivity contribution in [3.63, 3.8) is 0 Å². The van der Waals surface area contributed by atoms with Crippen molar-refractivity contribution in [1.29, 1.82) is 0 Å². The van der Waals surface area contributed by atoms with Crippen LogP contribution in [-0.2, 0) is 9.53 Å². The minimum atomic E-state index is -0.986. The predicted octanol–water partition coefficient (Wildman–Crippen LogP) is 1.46. The highest BCUT2D eigenvalue weighted by Crippen LogP contribution is 2.22. The number of hydrogen-bond donors (Lipinski definition) is 3. The highest BCUT2D eigenvalue weighted by molar-refractivity contribution is 5.99. The third-order valence-corrected chi connectivity index (χ3v) is 6.48. The summed E-state index contributed by atoms with van der Waals surface area (Å²) in [7, 11) is 0. The number of piperidine rings is 2. The van der Waals surface area contributed by atoms with Crippen LogP contribution in [0.3, 0.4) is 0 Å². The molecule has 0 bridgehead atoms. The van der Waals surface area contributed by atoms with Gasteiger partial charge in [0.2, 0.25) is 5.91 Å². The summed E-state index contributed by atoms with van der Waals surface area (Å²) < 4.78 is 6.92. The zero-order valence-electron chi connectivity index (χ0n) is 19.5. The monoisotopic (exact) mass is 468 g/mol. The van der Waals surface area contributed by atoms with E-state index in [1.165, 1.54) is 6.20 Å². The van der Waals surface area contributed by atoms with Crippen LogP contribution in [0.15, 0.2) is 42.9 Å². The molecule has 2 saturated heterocycles. The van der Waals surface area contributed by atoms with Gasteiger partial charge in [-0.2, -0.15) is 0 Å². The van der Waals surface area contributed by atoms with Crippen molar-refractivity contribution >= 4 is 17.9 Å². The Morgan fingerprint density at radius 2 is 1.85 bits per heavy atom. The number of carbonyl (C=O) groups is 3. The number of nitrogens with zero attached hydrogens (tertiary/aromatic N) is 3. The maximum absolute atomic E-state index is 13.4. The number of aromatic nitrogens is 2. The number of carbonyl (C=O) groups excluding carboxylic acids is 3. The van der Waals surface area contributed by atoms with Gasteiger partial charge < -0.3 is 30.2 Å². The lowest BCUT2D eigenvalue weighted by atomic mass is 9.86. The van der Waals surface area contributed by atoms with E-state index in [-0.39, 0.29) is 23.9 Å². The number of rotatable bonds is 6. The smallest absolute Gasteiger partial charge is 0.409 e. The molecule has 2 aliphatic rings. The Labute approximate surface area is 199 Å². The number of hydrogen-bond acceptors (Lipinski definition) is 6. The van der Waals surface area contributed by atoms with Crippen LogP contribution in [0, 0.1) is 0 Å². The van der Waals surface area contributed by atoms with E-state index < -0.39 is 5.54 Å². The van der Waals surface area contributed by atoms with Crippen molar-refractivity contribution in [2.75, 3.05) is 32.8 Å². The van der Waals surface area contributed by atoms with E-state index in [9.17, 15) is 14.4 Å². The highest BCUT2D eigenvalue weighted by atomic mass is 16.6. The van der Waals surface area contributed by atoms with E-state index in [2.05, 4.69) is 20.9 Å². The lowest BCUT2D eigenvalue weighted by Crippen LogP contribution is -2.64. The Balaban J connectivity index is 1.39. The Morgan fingerprint density at radius 3 is 2.47 bits per heavy atom. The molecule has 0 saturated carbocycles. The van der Waals surface area contributed by atoms with Gasteiger partial charge in [0.15, 0.2) is 0 Å². The number of likely N-dealkylation sites (tertiary alicyclic amines) is 1. The Morgan fingerprint density at radius 1 is 1.15 bits per heavy atom. The third-order valence-electron chi connectivity index (χ3n) is 6.48. The summed E-state index contributed by atoms with van der Waals surface area (Å²) in [6.07, 6.45) is 7.28. The second kappa shape index (κ2) is 10.7. The molecule has 2 aromatic rings. The van der Waals surface area contributed by atoms with Gasteiger partial charge in [0.25, 0.3) is 5.91 Å². The number of nitrogens with one attached hydrogen (secondary N) is 3. The predicted molar refractivity (Wildman–Crippen MR) is 126 cm³/mol. The minimum absolute atomic E-state index is 0.0515. The van der Waals surface area contributed by atoms with Crippen LogP contribution < -0.4 is 16.0 Å². The third kappa shape index (κ3) is 5.39. The van der Waals surface area contributed by atoms with Crippen LogP contribution in [0.4, 0.5) is 4.79 Å².